The normalized spacial score (nSPS) is 14.7. The maximum absolute atomic E-state index is 13.0. The molecule has 2 N–H and O–H groups in total. The number of aliphatic hydroxyl groups excluding tert-OH is 1. The van der Waals surface area contributed by atoms with E-state index in [-0.39, 0.29) is 19.1 Å². The van der Waals surface area contributed by atoms with Crippen LogP contribution in [0.2, 0.25) is 0 Å². The van der Waals surface area contributed by atoms with Gasteiger partial charge in [0.15, 0.2) is 0 Å². The van der Waals surface area contributed by atoms with E-state index < -0.39 is 20.0 Å². The number of likely N-dealkylation sites (N-methyl/N-ethyl adjacent to an activating group) is 1. The van der Waals surface area contributed by atoms with E-state index >= 15 is 0 Å². The van der Waals surface area contributed by atoms with Crippen LogP contribution in [0, 0.1) is 0 Å². The van der Waals surface area contributed by atoms with Gasteiger partial charge in [0.25, 0.3) is 7.82 Å². The van der Waals surface area contributed by atoms with Gasteiger partial charge in [-0.05, 0) is 83.5 Å². The van der Waals surface area contributed by atoms with Crippen molar-refractivity contribution in [3.8, 4) is 0 Å². The van der Waals surface area contributed by atoms with E-state index in [9.17, 15) is 19.4 Å². The largest absolute Gasteiger partial charge is 0.756 e. The van der Waals surface area contributed by atoms with Crippen LogP contribution >= 0.6 is 7.82 Å². The maximum Gasteiger partial charge on any atom is 0.268 e. The highest BCUT2D eigenvalue weighted by Crippen LogP contribution is 2.38. The molecule has 0 heterocycles. The molecule has 3 atom stereocenters. The van der Waals surface area contributed by atoms with Gasteiger partial charge in [0.05, 0.1) is 39.9 Å². The van der Waals surface area contributed by atoms with Crippen molar-refractivity contribution in [1.82, 2.24) is 5.32 Å². The van der Waals surface area contributed by atoms with Gasteiger partial charge >= 0.3 is 0 Å². The summed E-state index contributed by atoms with van der Waals surface area (Å²) >= 11 is 0. The van der Waals surface area contributed by atoms with Crippen molar-refractivity contribution in [2.75, 3.05) is 40.9 Å². The predicted molar refractivity (Wildman–Crippen MR) is 311 cm³/mol. The van der Waals surface area contributed by atoms with Gasteiger partial charge < -0.3 is 28.8 Å². The highest BCUT2D eigenvalue weighted by molar-refractivity contribution is 7.45. The Balaban J connectivity index is 4.29. The number of rotatable bonds is 52. The Morgan fingerprint density at radius 3 is 1.22 bits per heavy atom. The number of phosphoric ester groups is 1. The summed E-state index contributed by atoms with van der Waals surface area (Å²) in [5.74, 6) is -0.199. The lowest BCUT2D eigenvalue weighted by atomic mass is 10.0. The van der Waals surface area contributed by atoms with Gasteiger partial charge in [-0.25, -0.2) is 0 Å². The zero-order chi connectivity index (χ0) is 52.7. The van der Waals surface area contributed by atoms with E-state index in [1.165, 1.54) is 103 Å². The summed E-state index contributed by atoms with van der Waals surface area (Å²) in [6.45, 7) is 4.58. The Morgan fingerprint density at radius 2 is 0.847 bits per heavy atom. The molecule has 0 aliphatic heterocycles. The molecule has 0 rings (SSSR count). The lowest BCUT2D eigenvalue weighted by Gasteiger charge is -2.30. The van der Waals surface area contributed by atoms with Gasteiger partial charge in [0, 0.05) is 6.42 Å². The Kier molecular flexibility index (Phi) is 50.9. The van der Waals surface area contributed by atoms with Crippen LogP contribution in [0.25, 0.3) is 0 Å². The zero-order valence-electron chi connectivity index (χ0n) is 47.1. The van der Waals surface area contributed by atoms with E-state index in [0.29, 0.717) is 23.9 Å². The summed E-state index contributed by atoms with van der Waals surface area (Å²) < 4.78 is 23.4. The zero-order valence-corrected chi connectivity index (χ0v) is 48.0. The molecule has 0 aromatic carbocycles. The van der Waals surface area contributed by atoms with Crippen LogP contribution in [0.4, 0.5) is 0 Å². The minimum absolute atomic E-state index is 0.000455. The second-order valence-corrected chi connectivity index (χ2v) is 22.0. The second kappa shape index (κ2) is 53.0. The average molecular weight is 1020 g/mol. The number of carbonyl (C=O) groups excluding carboxylic acids is 1. The summed E-state index contributed by atoms with van der Waals surface area (Å²) in [5, 5.41) is 14.0. The molecule has 9 heteroatoms. The molecule has 414 valence electrons. The van der Waals surface area contributed by atoms with Gasteiger partial charge in [-0.15, -0.1) is 0 Å². The molecule has 0 fully saturated rings. The summed E-state index contributed by atoms with van der Waals surface area (Å²) in [7, 11) is 1.27. The van der Waals surface area contributed by atoms with Gasteiger partial charge in [0.2, 0.25) is 5.91 Å². The fourth-order valence-electron chi connectivity index (χ4n) is 7.97. The Hall–Kier alpha value is -2.84. The third kappa shape index (κ3) is 54.9. The lowest BCUT2D eigenvalue weighted by Crippen LogP contribution is -2.46. The summed E-state index contributed by atoms with van der Waals surface area (Å²) in [6.07, 6.45) is 76.9. The Bertz CT molecular complexity index is 1540. The van der Waals surface area contributed by atoms with Crippen molar-refractivity contribution in [3.63, 3.8) is 0 Å². The fourth-order valence-corrected chi connectivity index (χ4v) is 8.70. The van der Waals surface area contributed by atoms with E-state index in [2.05, 4.69) is 129 Å². The molecule has 0 spiro atoms. The number of aliphatic hydroxyl groups is 1. The predicted octanol–water partition coefficient (Wildman–Crippen LogP) is 17.3. The van der Waals surface area contributed by atoms with Crippen LogP contribution in [-0.2, 0) is 18.4 Å². The highest BCUT2D eigenvalue weighted by atomic mass is 31.2. The number of nitrogens with zero attached hydrogens (tertiary/aromatic N) is 1. The molecule has 0 saturated heterocycles. The molecule has 0 saturated carbocycles. The van der Waals surface area contributed by atoms with Crippen LogP contribution in [0.15, 0.2) is 109 Å². The van der Waals surface area contributed by atoms with E-state index in [1.54, 1.807) is 0 Å². The van der Waals surface area contributed by atoms with Gasteiger partial charge in [-0.3, -0.25) is 9.36 Å². The molecule has 0 radical (unpaired) electrons. The third-order valence-electron chi connectivity index (χ3n) is 12.5. The molecule has 8 nitrogen and oxygen atoms in total. The quantitative estimate of drug-likeness (QED) is 0.0272. The number of unbranched alkanes of at least 4 members (excludes halogenated alkanes) is 21. The summed E-state index contributed by atoms with van der Waals surface area (Å²) in [5.41, 5.74) is 0. The first-order valence-electron chi connectivity index (χ1n) is 29.2. The van der Waals surface area contributed by atoms with Gasteiger partial charge in [-0.2, -0.15) is 0 Å². The third-order valence-corrected chi connectivity index (χ3v) is 13.5. The molecule has 1 amide bonds. The van der Waals surface area contributed by atoms with Gasteiger partial charge in [0.1, 0.15) is 13.2 Å². The van der Waals surface area contributed by atoms with Crippen molar-refractivity contribution in [2.45, 2.75) is 244 Å². The molecule has 72 heavy (non-hydrogen) atoms. The molecular formula is C63H111N2O6P. The number of nitrogens with one attached hydrogen (secondary N) is 1. The minimum atomic E-state index is -4.59. The van der Waals surface area contributed by atoms with Crippen molar-refractivity contribution in [1.29, 1.82) is 0 Å². The topological polar surface area (TPSA) is 108 Å². The van der Waals surface area contributed by atoms with Crippen molar-refractivity contribution in [3.05, 3.63) is 109 Å². The second-order valence-electron chi connectivity index (χ2n) is 20.6. The smallest absolute Gasteiger partial charge is 0.268 e. The first kappa shape index (κ1) is 69.2. The summed E-state index contributed by atoms with van der Waals surface area (Å²) in [6, 6.07) is -0.827. The number of allylic oxidation sites excluding steroid dienone is 18. The SMILES string of the molecule is CC/C=C\C/C=C\C/C=C\C/C=C\C/C=C\C/C=C\C/C=C\C/C=C\C/C=C\CCCCCC(=O)NC(COP(=O)([O-])OCC[N+](C)(C)C)C(O)CCCCCCCCCCCCCCCCCCCCC. The first-order valence-corrected chi connectivity index (χ1v) is 30.7. The molecule has 0 bridgehead atoms. The van der Waals surface area contributed by atoms with Crippen LogP contribution in [0.3, 0.4) is 0 Å². The summed E-state index contributed by atoms with van der Waals surface area (Å²) in [4.78, 5) is 25.5. The molecule has 0 aliphatic carbocycles. The van der Waals surface area contributed by atoms with Crippen molar-refractivity contribution >= 4 is 13.7 Å². The molecule has 0 aromatic rings. The minimum Gasteiger partial charge on any atom is -0.756 e. The number of carbonyl (C=O) groups is 1. The monoisotopic (exact) mass is 1020 g/mol. The van der Waals surface area contributed by atoms with Crippen LogP contribution < -0.4 is 10.2 Å². The van der Waals surface area contributed by atoms with Gasteiger partial charge in [-0.1, -0.05) is 252 Å². The highest BCUT2D eigenvalue weighted by Gasteiger charge is 2.24. The molecule has 0 aromatic heterocycles. The molecular weight excluding hydrogens is 912 g/mol. The number of quaternary nitrogens is 1. The Morgan fingerprint density at radius 1 is 0.500 bits per heavy atom. The lowest BCUT2D eigenvalue weighted by molar-refractivity contribution is -0.870. The van der Waals surface area contributed by atoms with E-state index in [0.717, 1.165) is 103 Å². The van der Waals surface area contributed by atoms with Crippen LogP contribution in [-0.4, -0.2) is 68.5 Å². The number of phosphoric acid groups is 1. The van der Waals surface area contributed by atoms with Crippen molar-refractivity contribution in [2.24, 2.45) is 0 Å². The standard InChI is InChI=1S/C63H111N2O6P/c1-6-8-10-12-14-16-18-20-22-24-26-27-28-29-30-31-32-33-34-35-36-37-39-41-43-45-47-49-51-53-55-57-63(67)64-61(60-71-72(68,69)70-59-58-65(3,4)5)62(66)56-54-52-50-48-46-44-42-40-38-25-23-21-19-17-15-13-11-9-7-2/h8,10,14,16,20,22,26-27,29-30,32-33,35-36,39,41,45,47,61-62,66H,6-7,9,11-13,15,17-19,21,23-25,28,31,34,37-38,40,42-44,46,48-60H2,1-5H3,(H-,64,67,68,69)/b10-8-,16-14-,22-20-,27-26-,30-29-,33-32-,36-35-,41-39-,47-45-. The maximum atomic E-state index is 13.0. The number of hydrogen-bond donors (Lipinski definition) is 2. The number of amides is 1. The van der Waals surface area contributed by atoms with Crippen molar-refractivity contribution < 1.29 is 32.9 Å². The average Bonchev–Trinajstić information content (AvgIpc) is 3.34. The van der Waals surface area contributed by atoms with E-state index in [4.69, 9.17) is 9.05 Å². The van der Waals surface area contributed by atoms with E-state index in [1.807, 2.05) is 21.1 Å². The Labute approximate surface area is 444 Å². The number of hydrogen-bond acceptors (Lipinski definition) is 6. The van der Waals surface area contributed by atoms with Crippen LogP contribution in [0.1, 0.15) is 232 Å². The molecule has 0 aliphatic rings. The first-order chi connectivity index (χ1) is 35.0. The fraction of sp³-hybridized carbons (Fsp3) is 0.698. The molecule has 3 unspecified atom stereocenters. The van der Waals surface area contributed by atoms with Crippen LogP contribution in [0.5, 0.6) is 0 Å².